The van der Waals surface area contributed by atoms with E-state index in [0.717, 1.165) is 63.0 Å². The molecule has 0 bridgehead atoms. The van der Waals surface area contributed by atoms with Crippen LogP contribution in [0.2, 0.25) is 0 Å². The molecule has 0 amide bonds. The largest absolute Gasteiger partial charge is 0.439 e. The Labute approximate surface area is 201 Å². The van der Waals surface area contributed by atoms with Crippen LogP contribution in [0.25, 0.3) is 0 Å². The van der Waals surface area contributed by atoms with E-state index in [9.17, 15) is 4.39 Å². The molecule has 0 spiro atoms. The molecule has 0 aliphatic carbocycles. The van der Waals surface area contributed by atoms with Crippen LogP contribution in [0.5, 0.6) is 11.6 Å². The van der Waals surface area contributed by atoms with Crippen LogP contribution in [-0.4, -0.2) is 49.2 Å². The van der Waals surface area contributed by atoms with Crippen molar-refractivity contribution >= 4 is 29.9 Å². The third kappa shape index (κ3) is 8.60. The second-order valence-corrected chi connectivity index (χ2v) is 7.50. The van der Waals surface area contributed by atoms with E-state index in [4.69, 9.17) is 14.5 Å². The predicted octanol–water partition coefficient (Wildman–Crippen LogP) is 4.85. The van der Waals surface area contributed by atoms with Crippen LogP contribution >= 0.6 is 24.0 Å². The summed E-state index contributed by atoms with van der Waals surface area (Å²) >= 11 is 0. The van der Waals surface area contributed by atoms with Crippen LogP contribution in [-0.2, 0) is 11.3 Å². The molecule has 170 valence electrons. The zero-order valence-corrected chi connectivity index (χ0v) is 20.6. The van der Waals surface area contributed by atoms with Crippen molar-refractivity contribution in [2.24, 2.45) is 10.9 Å². The van der Waals surface area contributed by atoms with E-state index in [-0.39, 0.29) is 29.8 Å². The van der Waals surface area contributed by atoms with E-state index in [0.29, 0.717) is 18.2 Å². The first-order valence-electron chi connectivity index (χ1n) is 10.6. The summed E-state index contributed by atoms with van der Waals surface area (Å²) in [6, 6.07) is 9.72. The zero-order valence-electron chi connectivity index (χ0n) is 18.2. The van der Waals surface area contributed by atoms with E-state index < -0.39 is 0 Å². The average molecular weight is 542 g/mol. The highest BCUT2D eigenvalue weighted by atomic mass is 127. The average Bonchev–Trinajstić information content (AvgIpc) is 2.77. The maximum Gasteiger partial charge on any atom is 0.219 e. The smallest absolute Gasteiger partial charge is 0.219 e. The first-order chi connectivity index (χ1) is 14.6. The number of guanidine groups is 1. The molecule has 1 N–H and O–H groups in total. The molecular formula is C23H32FIN4O2. The van der Waals surface area contributed by atoms with Crippen LogP contribution in [0, 0.1) is 11.7 Å². The highest BCUT2D eigenvalue weighted by Gasteiger charge is 2.15. The molecule has 1 aliphatic rings. The van der Waals surface area contributed by atoms with Crippen molar-refractivity contribution in [3.63, 3.8) is 0 Å². The number of nitrogens with zero attached hydrogens (tertiary/aromatic N) is 3. The molecule has 0 atom stereocenters. The van der Waals surface area contributed by atoms with E-state index in [1.807, 2.05) is 6.07 Å². The molecule has 1 fully saturated rings. The maximum atomic E-state index is 13.3. The summed E-state index contributed by atoms with van der Waals surface area (Å²) in [6.07, 6.45) is 5.19. The van der Waals surface area contributed by atoms with Crippen molar-refractivity contribution in [1.29, 1.82) is 0 Å². The first kappa shape index (κ1) is 25.3. The number of aromatic nitrogens is 1. The number of rotatable bonds is 8. The van der Waals surface area contributed by atoms with Gasteiger partial charge in [-0.05, 0) is 49.8 Å². The van der Waals surface area contributed by atoms with Crippen molar-refractivity contribution in [2.75, 3.05) is 33.4 Å². The molecule has 8 heteroatoms. The Hall–Kier alpha value is -1.94. The minimum Gasteiger partial charge on any atom is -0.439 e. The standard InChI is InChI=1S/C23H31FN4O2.HI/c1-3-25-23(28(2)12-9-18-10-13-29-14-11-18)27-17-19-7-8-22(26-16-19)30-21-6-4-5-20(24)15-21;/h4-8,15-16,18H,3,9-14,17H2,1-2H3,(H,25,27);1H. The summed E-state index contributed by atoms with van der Waals surface area (Å²) < 4.78 is 24.3. The van der Waals surface area contributed by atoms with Crippen molar-refractivity contribution in [1.82, 2.24) is 15.2 Å². The van der Waals surface area contributed by atoms with Crippen molar-refractivity contribution < 1.29 is 13.9 Å². The fourth-order valence-electron chi connectivity index (χ4n) is 3.37. The fraction of sp³-hybridized carbons (Fsp3) is 0.478. The molecule has 1 aromatic heterocycles. The second kappa shape index (κ2) is 13.5. The van der Waals surface area contributed by atoms with Gasteiger partial charge < -0.3 is 19.7 Å². The molecule has 6 nitrogen and oxygen atoms in total. The predicted molar refractivity (Wildman–Crippen MR) is 132 cm³/mol. The van der Waals surface area contributed by atoms with Gasteiger partial charge in [0.05, 0.1) is 6.54 Å². The van der Waals surface area contributed by atoms with Gasteiger partial charge in [-0.3, -0.25) is 0 Å². The molecule has 1 aromatic carbocycles. The topological polar surface area (TPSA) is 59.0 Å². The monoisotopic (exact) mass is 542 g/mol. The number of aliphatic imine (C=N–C) groups is 1. The number of halogens is 2. The maximum absolute atomic E-state index is 13.3. The van der Waals surface area contributed by atoms with Crippen LogP contribution < -0.4 is 10.1 Å². The summed E-state index contributed by atoms with van der Waals surface area (Å²) in [7, 11) is 2.08. The van der Waals surface area contributed by atoms with Gasteiger partial charge >= 0.3 is 0 Å². The summed E-state index contributed by atoms with van der Waals surface area (Å²) in [5.74, 6) is 2.14. The lowest BCUT2D eigenvalue weighted by Gasteiger charge is -2.26. The third-order valence-corrected chi connectivity index (χ3v) is 5.14. The van der Waals surface area contributed by atoms with E-state index in [1.54, 1.807) is 24.4 Å². The minimum atomic E-state index is -0.338. The highest BCUT2D eigenvalue weighted by Crippen LogP contribution is 2.20. The molecule has 0 saturated carbocycles. The lowest BCUT2D eigenvalue weighted by molar-refractivity contribution is 0.0625. The molecule has 31 heavy (non-hydrogen) atoms. The van der Waals surface area contributed by atoms with Gasteiger partial charge in [-0.25, -0.2) is 14.4 Å². The Bertz CT molecular complexity index is 813. The summed E-state index contributed by atoms with van der Waals surface area (Å²) in [4.78, 5) is 11.2. The fourth-order valence-corrected chi connectivity index (χ4v) is 3.37. The lowest BCUT2D eigenvalue weighted by Crippen LogP contribution is -2.40. The van der Waals surface area contributed by atoms with Crippen LogP contribution in [0.15, 0.2) is 47.6 Å². The number of nitrogens with one attached hydrogen (secondary N) is 1. The van der Waals surface area contributed by atoms with Gasteiger partial charge in [0, 0.05) is 51.7 Å². The van der Waals surface area contributed by atoms with Gasteiger partial charge in [-0.15, -0.1) is 24.0 Å². The Morgan fingerprint density at radius 1 is 1.29 bits per heavy atom. The number of benzene rings is 1. The van der Waals surface area contributed by atoms with Crippen LogP contribution in [0.1, 0.15) is 31.7 Å². The molecule has 0 unspecified atom stereocenters. The van der Waals surface area contributed by atoms with Gasteiger partial charge in [0.25, 0.3) is 0 Å². The van der Waals surface area contributed by atoms with Crippen LogP contribution in [0.4, 0.5) is 4.39 Å². The summed E-state index contributed by atoms with van der Waals surface area (Å²) in [5.41, 5.74) is 0.981. The first-order valence-corrected chi connectivity index (χ1v) is 10.6. The van der Waals surface area contributed by atoms with E-state index in [2.05, 4.69) is 29.2 Å². The SMILES string of the molecule is CCNC(=NCc1ccc(Oc2cccc(F)c2)nc1)N(C)CCC1CCOCC1.I. The lowest BCUT2D eigenvalue weighted by atomic mass is 9.96. The molecule has 1 aliphatic heterocycles. The Balaban J connectivity index is 0.00000341. The van der Waals surface area contributed by atoms with Gasteiger partial charge in [-0.2, -0.15) is 0 Å². The zero-order chi connectivity index (χ0) is 21.2. The van der Waals surface area contributed by atoms with Gasteiger partial charge in [-0.1, -0.05) is 12.1 Å². The quantitative estimate of drug-likeness (QED) is 0.294. The van der Waals surface area contributed by atoms with Crippen molar-refractivity contribution in [3.05, 3.63) is 54.0 Å². The number of ether oxygens (including phenoxy) is 2. The molecule has 3 rings (SSSR count). The second-order valence-electron chi connectivity index (χ2n) is 7.50. The molecule has 0 radical (unpaired) electrons. The molecule has 1 saturated heterocycles. The Morgan fingerprint density at radius 2 is 2.10 bits per heavy atom. The van der Waals surface area contributed by atoms with E-state index in [1.165, 1.54) is 12.1 Å². The number of hydrogen-bond acceptors (Lipinski definition) is 4. The minimum absolute atomic E-state index is 0. The Morgan fingerprint density at radius 3 is 2.77 bits per heavy atom. The molecular weight excluding hydrogens is 510 g/mol. The summed E-state index contributed by atoms with van der Waals surface area (Å²) in [5, 5.41) is 3.36. The van der Waals surface area contributed by atoms with Crippen molar-refractivity contribution in [3.8, 4) is 11.6 Å². The van der Waals surface area contributed by atoms with E-state index >= 15 is 0 Å². The third-order valence-electron chi connectivity index (χ3n) is 5.14. The van der Waals surface area contributed by atoms with Gasteiger partial charge in [0.15, 0.2) is 5.96 Å². The van der Waals surface area contributed by atoms with Gasteiger partial charge in [0.2, 0.25) is 5.88 Å². The van der Waals surface area contributed by atoms with Crippen molar-refractivity contribution in [2.45, 2.75) is 32.7 Å². The molecule has 2 aromatic rings. The number of hydrogen-bond donors (Lipinski definition) is 1. The van der Waals surface area contributed by atoms with Crippen LogP contribution in [0.3, 0.4) is 0 Å². The number of pyridine rings is 1. The normalized spacial score (nSPS) is 14.6. The highest BCUT2D eigenvalue weighted by molar-refractivity contribution is 14.0. The summed E-state index contributed by atoms with van der Waals surface area (Å²) in [6.45, 7) is 6.15. The Kier molecular flexibility index (Phi) is 11.0. The van der Waals surface area contributed by atoms with Gasteiger partial charge in [0.1, 0.15) is 11.6 Å². The molecule has 2 heterocycles.